The van der Waals surface area contributed by atoms with Gasteiger partial charge in [-0.25, -0.2) is 0 Å². The number of carbonyl (C=O) groups is 1. The van der Waals surface area contributed by atoms with Gasteiger partial charge in [0.05, 0.1) is 23.9 Å². The first-order chi connectivity index (χ1) is 13.1. The topological polar surface area (TPSA) is 55.2 Å². The molecule has 4 aromatic rings. The van der Waals surface area contributed by atoms with E-state index >= 15 is 0 Å². The molecular weight excluding hydrogens is 338 g/mol. The largest absolute Gasteiger partial charge is 0.315 e. The van der Waals surface area contributed by atoms with E-state index in [2.05, 4.69) is 5.10 Å². The van der Waals surface area contributed by atoms with Crippen LogP contribution in [0.1, 0.15) is 6.42 Å². The summed E-state index contributed by atoms with van der Waals surface area (Å²) in [7, 11) is 1.79. The van der Waals surface area contributed by atoms with Gasteiger partial charge in [-0.2, -0.15) is 5.10 Å². The van der Waals surface area contributed by atoms with Gasteiger partial charge >= 0.3 is 0 Å². The predicted molar refractivity (Wildman–Crippen MR) is 108 cm³/mol. The normalized spacial score (nSPS) is 11.0. The molecule has 1 heterocycles. The van der Waals surface area contributed by atoms with E-state index in [1.54, 1.807) is 22.7 Å². The average Bonchev–Trinajstić information content (AvgIpc) is 2.72. The zero-order valence-electron chi connectivity index (χ0n) is 15.0. The van der Waals surface area contributed by atoms with Crippen LogP contribution >= 0.6 is 0 Å². The molecule has 3 aromatic carbocycles. The Morgan fingerprint density at radius 2 is 1.67 bits per heavy atom. The number of fused-ring (bicyclic) bond motifs is 2. The number of rotatable bonds is 4. The van der Waals surface area contributed by atoms with E-state index in [4.69, 9.17) is 0 Å². The molecule has 0 saturated carbocycles. The highest BCUT2D eigenvalue weighted by Gasteiger charge is 2.14. The lowest BCUT2D eigenvalue weighted by Gasteiger charge is -2.20. The van der Waals surface area contributed by atoms with E-state index in [0.29, 0.717) is 18.4 Å². The molecule has 0 N–H and O–H groups in total. The van der Waals surface area contributed by atoms with Crippen LogP contribution in [0.4, 0.5) is 5.69 Å². The summed E-state index contributed by atoms with van der Waals surface area (Å²) in [4.78, 5) is 26.4. The molecular formula is C22H19N3O2. The number of aromatic nitrogens is 2. The molecule has 0 aliphatic rings. The van der Waals surface area contributed by atoms with Crippen LogP contribution in [0.25, 0.3) is 21.7 Å². The highest BCUT2D eigenvalue weighted by atomic mass is 16.2. The molecule has 5 nitrogen and oxygen atoms in total. The molecule has 0 aliphatic carbocycles. The number of para-hydroxylation sites is 1. The monoisotopic (exact) mass is 357 g/mol. The quantitative estimate of drug-likeness (QED) is 0.561. The second-order valence-electron chi connectivity index (χ2n) is 6.45. The summed E-state index contributed by atoms with van der Waals surface area (Å²) in [5, 5.41) is 6.95. The van der Waals surface area contributed by atoms with E-state index in [0.717, 1.165) is 22.0 Å². The summed E-state index contributed by atoms with van der Waals surface area (Å²) in [5.74, 6) is -0.00376. The molecule has 0 fully saturated rings. The molecule has 0 unspecified atom stereocenters. The van der Waals surface area contributed by atoms with Crippen LogP contribution in [-0.2, 0) is 11.3 Å². The number of hydrogen-bond acceptors (Lipinski definition) is 3. The summed E-state index contributed by atoms with van der Waals surface area (Å²) in [6.07, 6.45) is 1.60. The van der Waals surface area contributed by atoms with Gasteiger partial charge in [-0.1, -0.05) is 48.5 Å². The highest BCUT2D eigenvalue weighted by molar-refractivity contribution is 6.03. The zero-order valence-corrected chi connectivity index (χ0v) is 15.0. The lowest BCUT2D eigenvalue weighted by atomic mass is 10.1. The molecule has 1 amide bonds. The fraction of sp³-hybridized carbons (Fsp3) is 0.136. The van der Waals surface area contributed by atoms with Gasteiger partial charge in [-0.3, -0.25) is 14.3 Å². The molecule has 0 saturated heterocycles. The summed E-state index contributed by atoms with van der Waals surface area (Å²) in [6, 6.07) is 21.3. The first-order valence-corrected chi connectivity index (χ1v) is 8.84. The molecule has 1 aromatic heterocycles. The Morgan fingerprint density at radius 1 is 0.963 bits per heavy atom. The maximum atomic E-state index is 12.8. The SMILES string of the molecule is CN(C(=O)CCn1ncc(=O)c2ccccc21)c1cccc2ccccc12. The number of benzene rings is 3. The van der Waals surface area contributed by atoms with E-state index in [-0.39, 0.29) is 11.3 Å². The van der Waals surface area contributed by atoms with E-state index in [1.807, 2.05) is 60.7 Å². The summed E-state index contributed by atoms with van der Waals surface area (Å²) < 4.78 is 1.71. The molecule has 0 bridgehead atoms. The Kier molecular flexibility index (Phi) is 4.42. The number of carbonyl (C=O) groups excluding carboxylic acids is 1. The third-order valence-corrected chi connectivity index (χ3v) is 4.80. The van der Waals surface area contributed by atoms with Crippen LogP contribution in [0.5, 0.6) is 0 Å². The lowest BCUT2D eigenvalue weighted by Crippen LogP contribution is -2.27. The van der Waals surface area contributed by atoms with Crippen molar-refractivity contribution in [1.29, 1.82) is 0 Å². The van der Waals surface area contributed by atoms with Gasteiger partial charge in [0.15, 0.2) is 0 Å². The number of anilines is 1. The van der Waals surface area contributed by atoms with Crippen molar-refractivity contribution in [3.63, 3.8) is 0 Å². The molecule has 0 atom stereocenters. The standard InChI is InChI=1S/C22H19N3O2/c1-24(19-12-6-8-16-7-2-3-9-17(16)19)22(27)13-14-25-20-11-5-4-10-18(20)21(26)15-23-25/h2-12,15H,13-14H2,1H3. The van der Waals surface area contributed by atoms with Crippen molar-refractivity contribution in [1.82, 2.24) is 9.78 Å². The molecule has 0 spiro atoms. The van der Waals surface area contributed by atoms with Gasteiger partial charge in [-0.15, -0.1) is 0 Å². The molecule has 4 rings (SSSR count). The van der Waals surface area contributed by atoms with Gasteiger partial charge in [0.2, 0.25) is 11.3 Å². The van der Waals surface area contributed by atoms with Crippen LogP contribution in [0.2, 0.25) is 0 Å². The van der Waals surface area contributed by atoms with Crippen molar-refractivity contribution in [3.8, 4) is 0 Å². The number of aryl methyl sites for hydroxylation is 1. The van der Waals surface area contributed by atoms with Gasteiger partial charge in [0, 0.05) is 24.2 Å². The van der Waals surface area contributed by atoms with E-state index < -0.39 is 0 Å². The second-order valence-corrected chi connectivity index (χ2v) is 6.45. The van der Waals surface area contributed by atoms with Crippen molar-refractivity contribution < 1.29 is 4.79 Å². The van der Waals surface area contributed by atoms with Crippen molar-refractivity contribution in [2.45, 2.75) is 13.0 Å². The average molecular weight is 357 g/mol. The first-order valence-electron chi connectivity index (χ1n) is 8.84. The van der Waals surface area contributed by atoms with Crippen LogP contribution in [0.3, 0.4) is 0 Å². The Morgan fingerprint density at radius 3 is 2.52 bits per heavy atom. The lowest BCUT2D eigenvalue weighted by molar-refractivity contribution is -0.118. The van der Waals surface area contributed by atoms with Gasteiger partial charge in [0.1, 0.15) is 0 Å². The molecule has 0 radical (unpaired) electrons. The fourth-order valence-corrected chi connectivity index (χ4v) is 3.34. The number of hydrogen-bond donors (Lipinski definition) is 0. The minimum absolute atomic E-state index is 0.00376. The Balaban J connectivity index is 1.58. The fourth-order valence-electron chi connectivity index (χ4n) is 3.34. The van der Waals surface area contributed by atoms with Crippen molar-refractivity contribution >= 4 is 33.3 Å². The van der Waals surface area contributed by atoms with Gasteiger partial charge < -0.3 is 4.90 Å². The second kappa shape index (κ2) is 7.03. The Labute approximate surface area is 156 Å². The van der Waals surface area contributed by atoms with E-state index in [9.17, 15) is 9.59 Å². The summed E-state index contributed by atoms with van der Waals surface area (Å²) >= 11 is 0. The maximum absolute atomic E-state index is 12.8. The maximum Gasteiger partial charge on any atom is 0.228 e. The van der Waals surface area contributed by atoms with Crippen molar-refractivity contribution in [2.24, 2.45) is 0 Å². The number of nitrogens with zero attached hydrogens (tertiary/aromatic N) is 3. The van der Waals surface area contributed by atoms with Crippen molar-refractivity contribution in [2.75, 3.05) is 11.9 Å². The van der Waals surface area contributed by atoms with Crippen LogP contribution in [0.15, 0.2) is 77.7 Å². The molecule has 5 heteroatoms. The Hall–Kier alpha value is -3.47. The van der Waals surface area contributed by atoms with Crippen LogP contribution < -0.4 is 10.3 Å². The third kappa shape index (κ3) is 3.19. The molecule has 134 valence electrons. The van der Waals surface area contributed by atoms with Crippen molar-refractivity contribution in [3.05, 3.63) is 83.2 Å². The predicted octanol–water partition coefficient (Wildman–Crippen LogP) is 3.60. The minimum Gasteiger partial charge on any atom is -0.315 e. The first kappa shape index (κ1) is 17.0. The Bertz CT molecular complexity index is 1190. The smallest absolute Gasteiger partial charge is 0.228 e. The van der Waals surface area contributed by atoms with Crippen LogP contribution in [-0.4, -0.2) is 22.7 Å². The third-order valence-electron chi connectivity index (χ3n) is 4.80. The highest BCUT2D eigenvalue weighted by Crippen LogP contribution is 2.26. The summed E-state index contributed by atoms with van der Waals surface area (Å²) in [6.45, 7) is 0.411. The summed E-state index contributed by atoms with van der Waals surface area (Å²) in [5.41, 5.74) is 1.52. The molecule has 0 aliphatic heterocycles. The zero-order chi connectivity index (χ0) is 18.8. The molecule has 27 heavy (non-hydrogen) atoms. The number of amides is 1. The van der Waals surface area contributed by atoms with Gasteiger partial charge in [-0.05, 0) is 23.6 Å². The van der Waals surface area contributed by atoms with Gasteiger partial charge in [0.25, 0.3) is 0 Å². The van der Waals surface area contributed by atoms with E-state index in [1.165, 1.54) is 6.20 Å². The minimum atomic E-state index is -0.110. The van der Waals surface area contributed by atoms with Crippen LogP contribution in [0, 0.1) is 0 Å².